The average Bonchev–Trinajstić information content (AvgIpc) is 1.56. The standard InChI is InChI=1S/C16H22O6.C14H20O4.C14H22O4.C13H18O5.C9H12O2.C8H12O2.2C7H14O2.C2H6.12CH4/c1-5-16(2,3)15(19)22-12-7-6-8-10(9(7)13(17)20-4)14(18)21-11(8)12;1-4-14(2,3)13(16)18-11-8-5-7-6-9(8)12(15)17-10(7)11;1-5-13(2,3)12(16)17-10-8-9-6-7-14(10,4)18-11(9)15;1-4-13(2,3)12(15)18-9-7-5-6-8(16-7)10(9)17-11(6)14;10-9-8-6-2-1-5(3-6)7(8)4-11-9;9-8-7-4-2-1-3-6(7)5-10-8;2*1-5-7(2,3)6(8)9-4;1-2;;;;;;;;;;;;/h7-12H,5-6H2,1-4H3;7-11H,4-6H2,1-3H3;9-10H,5-8H2,1-4H3;6-10H,4-5H2,1-3H3;5-8H,1-4H2;6-7H,1-5H2;2*5H2,1-4H3;1-2H3;12*1H4. The van der Waals surface area contributed by atoms with Gasteiger partial charge in [-0.15, -0.1) is 0 Å². The Hall–Kier alpha value is -6.93. The SMILES string of the molecule is C.C.C.C.C.C.C.C.C.C.C.C.CC.CCC(C)(C)C(=O)OC.CCC(C)(C)C(=O)OC.CCC(C)(C)C(=O)OC1C2CC3C(=O)OC1C3O2.CCC(C)(C)C(=O)OC1C2CC3C1OC(=O)C3C2C(=O)OC.CCC(C)(C)C(=O)OC1C2CC3CC2C(=O)OC31.CCC(C)(C)C(=O)OC1CC2CCC1(C)OC2=O.O=C1OCC2C3CCC(C3)C12.O=C1OCC2CCCCC12. The lowest BCUT2D eigenvalue weighted by Crippen LogP contribution is -2.57. The smallest absolute Gasteiger partial charge is 0.312 e. The molecular weight excluding hydrogens is 1660 g/mol. The molecule has 0 amide bonds. The average molecular weight is 1850 g/mol. The molecule has 129 heavy (non-hydrogen) atoms. The monoisotopic (exact) mass is 1850 g/mol. The van der Waals surface area contributed by atoms with E-state index >= 15 is 0 Å². The fourth-order valence-electron chi connectivity index (χ4n) is 19.0. The van der Waals surface area contributed by atoms with Crippen molar-refractivity contribution < 1.29 is 129 Å². The third kappa shape index (κ3) is 27.9. The first kappa shape index (κ1) is 131. The van der Waals surface area contributed by atoms with Gasteiger partial charge in [-0.05, 0) is 211 Å². The number of carbonyl (C=O) groups is 13. The summed E-state index contributed by atoms with van der Waals surface area (Å²) in [6, 6.07) is 0. The van der Waals surface area contributed by atoms with Gasteiger partial charge < -0.3 is 66.3 Å². The zero-order valence-corrected chi connectivity index (χ0v) is 74.4. The van der Waals surface area contributed by atoms with Crippen molar-refractivity contribution in [3.8, 4) is 0 Å². The summed E-state index contributed by atoms with van der Waals surface area (Å²) in [4.78, 5) is 151. The van der Waals surface area contributed by atoms with E-state index in [1.165, 1.54) is 59.9 Å². The lowest BCUT2D eigenvalue weighted by molar-refractivity contribution is -0.221. The Balaban J connectivity index is -0.000000455. The van der Waals surface area contributed by atoms with Crippen LogP contribution in [0.15, 0.2) is 0 Å². The number of hydrogen-bond donors (Lipinski definition) is 0. The van der Waals surface area contributed by atoms with Crippen molar-refractivity contribution in [1.29, 1.82) is 0 Å². The van der Waals surface area contributed by atoms with Crippen LogP contribution < -0.4 is 0 Å². The molecule has 0 N–H and O–H groups in total. The maximum Gasteiger partial charge on any atom is 0.312 e. The number of methoxy groups -OCH3 is 3. The molecule has 18 fully saturated rings. The molecule has 0 aromatic rings. The van der Waals surface area contributed by atoms with E-state index in [1.807, 2.05) is 145 Å². The Kier molecular flexibility index (Phi) is 53.3. The Morgan fingerprint density at radius 3 is 1.23 bits per heavy atom. The minimum Gasteiger partial charge on any atom is -0.469 e. The van der Waals surface area contributed by atoms with Gasteiger partial charge in [-0.2, -0.15) is 0 Å². The second kappa shape index (κ2) is 52.7. The Labute approximate surface area is 781 Å². The normalized spacial score (nSPS) is 32.1. The number of cyclic esters (lactones) is 2. The molecule has 12 bridgehead atoms. The maximum atomic E-state index is 12.4. The van der Waals surface area contributed by atoms with Gasteiger partial charge in [-0.25, -0.2) is 0 Å². The first-order chi connectivity index (χ1) is 54.8. The molecule has 10 saturated heterocycles. The molecule has 758 valence electrons. The van der Waals surface area contributed by atoms with Crippen LogP contribution in [0.4, 0.5) is 0 Å². The molecule has 18 aliphatic rings. The molecule has 10 aliphatic heterocycles. The van der Waals surface area contributed by atoms with Crippen LogP contribution in [0.5, 0.6) is 0 Å². The number of fused-ring (bicyclic) bond motifs is 12. The Morgan fingerprint density at radius 1 is 0.357 bits per heavy atom. The molecule has 25 atom stereocenters. The fraction of sp³-hybridized carbons (Fsp3) is 0.873. The van der Waals surface area contributed by atoms with Crippen molar-refractivity contribution in [3.63, 3.8) is 0 Å². The van der Waals surface area contributed by atoms with Crippen LogP contribution in [0.2, 0.25) is 0 Å². The van der Waals surface area contributed by atoms with Crippen LogP contribution in [0, 0.1) is 121 Å². The summed E-state index contributed by atoms with van der Waals surface area (Å²) in [6.45, 7) is 41.5. The number of ether oxygens (including phenoxy) is 14. The minimum atomic E-state index is -0.620. The maximum absolute atomic E-state index is 12.4. The van der Waals surface area contributed by atoms with Crippen molar-refractivity contribution in [2.75, 3.05) is 34.5 Å². The highest BCUT2D eigenvalue weighted by Gasteiger charge is 2.71. The summed E-state index contributed by atoms with van der Waals surface area (Å²) in [7, 11) is 4.15. The van der Waals surface area contributed by atoms with Crippen molar-refractivity contribution in [2.24, 2.45) is 121 Å². The predicted molar refractivity (Wildman–Crippen MR) is 504 cm³/mol. The van der Waals surface area contributed by atoms with Crippen LogP contribution >= 0.6 is 0 Å². The van der Waals surface area contributed by atoms with Crippen molar-refractivity contribution in [2.45, 2.75) is 423 Å². The first-order valence-corrected chi connectivity index (χ1v) is 43.7. The quantitative estimate of drug-likeness (QED) is 0.0964. The summed E-state index contributed by atoms with van der Waals surface area (Å²) >= 11 is 0. The number of carbonyl (C=O) groups excluding carboxylic acids is 13. The van der Waals surface area contributed by atoms with Gasteiger partial charge in [-0.1, -0.05) is 157 Å². The predicted octanol–water partition coefficient (Wildman–Crippen LogP) is 21.1. The number of hydrogen-bond acceptors (Lipinski definition) is 27. The van der Waals surface area contributed by atoms with Gasteiger partial charge in [0, 0.05) is 41.9 Å². The van der Waals surface area contributed by atoms with Gasteiger partial charge in [0.2, 0.25) is 0 Å². The van der Waals surface area contributed by atoms with Crippen molar-refractivity contribution in [3.05, 3.63) is 0 Å². The summed E-state index contributed by atoms with van der Waals surface area (Å²) in [6.07, 6.45) is 15.9. The van der Waals surface area contributed by atoms with Crippen molar-refractivity contribution in [1.82, 2.24) is 0 Å². The summed E-state index contributed by atoms with van der Waals surface area (Å²) < 4.78 is 73.6. The van der Waals surface area contributed by atoms with Crippen molar-refractivity contribution >= 4 is 77.6 Å². The van der Waals surface area contributed by atoms with E-state index < -0.39 is 69.5 Å². The number of rotatable bonds is 17. The van der Waals surface area contributed by atoms with Crippen LogP contribution in [-0.2, 0) is 129 Å². The molecule has 25 unspecified atom stereocenters. The Bertz CT molecular complexity index is 3480. The molecule has 27 nitrogen and oxygen atoms in total. The highest BCUT2D eigenvalue weighted by Crippen LogP contribution is 2.60. The van der Waals surface area contributed by atoms with Gasteiger partial charge in [0.25, 0.3) is 0 Å². The van der Waals surface area contributed by atoms with Gasteiger partial charge in [0.05, 0.1) is 115 Å². The minimum absolute atomic E-state index is 0. The first-order valence-electron chi connectivity index (χ1n) is 43.7. The molecule has 18 rings (SSSR count). The van der Waals surface area contributed by atoms with Gasteiger partial charge in [0.1, 0.15) is 42.2 Å². The molecule has 0 radical (unpaired) electrons. The second-order valence-corrected chi connectivity index (χ2v) is 38.9. The van der Waals surface area contributed by atoms with E-state index in [0.717, 1.165) is 70.3 Å². The lowest BCUT2D eigenvalue weighted by atomic mass is 9.74. The van der Waals surface area contributed by atoms with Gasteiger partial charge in [0.15, 0.2) is 12.2 Å². The van der Waals surface area contributed by atoms with Crippen LogP contribution in [-0.4, -0.2) is 173 Å². The van der Waals surface area contributed by atoms with E-state index in [2.05, 4.69) is 9.47 Å². The van der Waals surface area contributed by atoms with Gasteiger partial charge >= 0.3 is 77.6 Å². The van der Waals surface area contributed by atoms with E-state index in [1.54, 1.807) is 0 Å². The molecule has 0 aromatic heterocycles. The van der Waals surface area contributed by atoms with Crippen LogP contribution in [0.1, 0.15) is 363 Å². The third-order valence-electron chi connectivity index (χ3n) is 29.5. The molecule has 10 heterocycles. The summed E-state index contributed by atoms with van der Waals surface area (Å²) in [5, 5.41) is 0. The molecule has 8 saturated carbocycles. The van der Waals surface area contributed by atoms with E-state index in [-0.39, 0.29) is 244 Å². The molecule has 27 heteroatoms. The topological polar surface area (TPSA) is 351 Å². The van der Waals surface area contributed by atoms with Gasteiger partial charge in [-0.3, -0.25) is 62.3 Å². The summed E-state index contributed by atoms with van der Waals surface area (Å²) in [5.74, 6) is 0.233. The summed E-state index contributed by atoms with van der Waals surface area (Å²) in [5.41, 5.74) is -3.27. The number of esters is 13. The Morgan fingerprint density at radius 2 is 0.791 bits per heavy atom. The lowest BCUT2D eigenvalue weighted by Gasteiger charge is -2.48. The van der Waals surface area contributed by atoms with E-state index in [9.17, 15) is 62.3 Å². The van der Waals surface area contributed by atoms with Crippen LogP contribution in [0.25, 0.3) is 0 Å². The zero-order chi connectivity index (χ0) is 87.3. The molecule has 8 aliphatic carbocycles. The molecular formula is C102H188O27. The molecule has 0 spiro atoms. The highest BCUT2D eigenvalue weighted by atomic mass is 16.7. The van der Waals surface area contributed by atoms with E-state index in [4.69, 9.17) is 56.8 Å². The fourth-order valence-corrected chi connectivity index (χ4v) is 19.0. The largest absolute Gasteiger partial charge is 0.469 e. The highest BCUT2D eigenvalue weighted by molar-refractivity contribution is 5.87. The van der Waals surface area contributed by atoms with Crippen LogP contribution in [0.3, 0.4) is 0 Å². The zero-order valence-electron chi connectivity index (χ0n) is 74.4. The third-order valence-corrected chi connectivity index (χ3v) is 29.5. The molecule has 0 aromatic carbocycles. The van der Waals surface area contributed by atoms with E-state index in [0.29, 0.717) is 68.3 Å². The second-order valence-electron chi connectivity index (χ2n) is 38.9.